The monoisotopic (exact) mass is 551 g/mol. The van der Waals surface area contributed by atoms with Crippen LogP contribution in [0.15, 0.2) is 48.5 Å². The van der Waals surface area contributed by atoms with E-state index in [4.69, 9.17) is 16.3 Å². The molecular weight excluding hydrogens is 514 g/mol. The van der Waals surface area contributed by atoms with Gasteiger partial charge in [-0.1, -0.05) is 36.7 Å². The van der Waals surface area contributed by atoms with Crippen LogP contribution in [0.3, 0.4) is 0 Å². The number of amides is 2. The van der Waals surface area contributed by atoms with Crippen molar-refractivity contribution in [3.8, 4) is 5.75 Å². The summed E-state index contributed by atoms with van der Waals surface area (Å²) in [6.45, 7) is 7.88. The van der Waals surface area contributed by atoms with Gasteiger partial charge in [0.15, 0.2) is 0 Å². The van der Waals surface area contributed by atoms with Crippen LogP contribution in [0.1, 0.15) is 52.5 Å². The van der Waals surface area contributed by atoms with Gasteiger partial charge in [-0.05, 0) is 63.4 Å². The van der Waals surface area contributed by atoms with Crippen molar-refractivity contribution in [1.29, 1.82) is 0 Å². The number of ether oxygens (including phenoxy) is 1. The van der Waals surface area contributed by atoms with Gasteiger partial charge < -0.3 is 15.0 Å². The van der Waals surface area contributed by atoms with E-state index in [1.807, 2.05) is 39.8 Å². The first kappa shape index (κ1) is 30.4. The van der Waals surface area contributed by atoms with Crippen molar-refractivity contribution >= 4 is 39.1 Å². The van der Waals surface area contributed by atoms with Gasteiger partial charge in [0.2, 0.25) is 21.8 Å². The van der Waals surface area contributed by atoms with Crippen LogP contribution < -0.4 is 14.4 Å². The second-order valence-corrected chi connectivity index (χ2v) is 12.3. The van der Waals surface area contributed by atoms with Gasteiger partial charge in [-0.2, -0.15) is 0 Å². The molecule has 2 amide bonds. The Morgan fingerprint density at radius 2 is 1.76 bits per heavy atom. The van der Waals surface area contributed by atoms with Crippen LogP contribution in [0.2, 0.25) is 5.02 Å². The molecule has 10 heteroatoms. The zero-order valence-corrected chi connectivity index (χ0v) is 24.0. The molecule has 0 heterocycles. The topological polar surface area (TPSA) is 96.0 Å². The van der Waals surface area contributed by atoms with Crippen molar-refractivity contribution in [1.82, 2.24) is 10.2 Å². The molecule has 204 valence electrons. The molecule has 0 saturated carbocycles. The Balaban J connectivity index is 2.24. The van der Waals surface area contributed by atoms with Crippen LogP contribution in [0.25, 0.3) is 0 Å². The maximum atomic E-state index is 13.5. The Labute approximate surface area is 226 Å². The molecule has 2 aromatic carbocycles. The SMILES string of the molecule is CC[C@H](C(=O)NC(C)(C)C)N(Cc1ccc(Cl)cc1)C(=O)CCCN(c1cccc(OC)c1)S(C)(=O)=O. The van der Waals surface area contributed by atoms with E-state index >= 15 is 0 Å². The molecule has 0 aromatic heterocycles. The van der Waals surface area contributed by atoms with Crippen LogP contribution in [0, 0.1) is 0 Å². The quantitative estimate of drug-likeness (QED) is 0.415. The highest BCUT2D eigenvalue weighted by Gasteiger charge is 2.30. The van der Waals surface area contributed by atoms with Crippen LogP contribution in [0.5, 0.6) is 5.75 Å². The lowest BCUT2D eigenvalue weighted by atomic mass is 10.0. The van der Waals surface area contributed by atoms with E-state index in [9.17, 15) is 18.0 Å². The molecule has 2 aromatic rings. The van der Waals surface area contributed by atoms with Gasteiger partial charge in [0.05, 0.1) is 19.1 Å². The van der Waals surface area contributed by atoms with Gasteiger partial charge in [0, 0.05) is 36.1 Å². The first-order valence-electron chi connectivity index (χ1n) is 12.2. The number of nitrogens with one attached hydrogen (secondary N) is 1. The number of hydrogen-bond acceptors (Lipinski definition) is 5. The normalized spacial score (nSPS) is 12.5. The maximum Gasteiger partial charge on any atom is 0.243 e. The van der Waals surface area contributed by atoms with Crippen molar-refractivity contribution in [2.45, 2.75) is 65.1 Å². The summed E-state index contributed by atoms with van der Waals surface area (Å²) >= 11 is 6.02. The van der Waals surface area contributed by atoms with Gasteiger partial charge in [-0.25, -0.2) is 8.42 Å². The fourth-order valence-corrected chi connectivity index (χ4v) is 5.01. The summed E-state index contributed by atoms with van der Waals surface area (Å²) < 4.78 is 31.5. The molecule has 0 aliphatic rings. The standard InChI is InChI=1S/C27H38ClN3O5S/c1-7-24(26(33)29-27(2,3)4)30(19-20-13-15-21(28)16-14-20)25(32)12-9-17-31(37(6,34)35)22-10-8-11-23(18-22)36-5/h8,10-11,13-16,18,24H,7,9,12,17,19H2,1-6H3,(H,29,33)/t24-/m1/s1. The molecule has 0 spiro atoms. The number of nitrogens with zero attached hydrogens (tertiary/aromatic N) is 2. The molecule has 8 nitrogen and oxygen atoms in total. The first-order valence-corrected chi connectivity index (χ1v) is 14.5. The van der Waals surface area contributed by atoms with Gasteiger partial charge in [0.25, 0.3) is 0 Å². The minimum Gasteiger partial charge on any atom is -0.497 e. The lowest BCUT2D eigenvalue weighted by Crippen LogP contribution is -2.53. The van der Waals surface area contributed by atoms with Crippen LogP contribution in [-0.2, 0) is 26.2 Å². The van der Waals surface area contributed by atoms with Crippen molar-refractivity contribution < 1.29 is 22.7 Å². The zero-order valence-electron chi connectivity index (χ0n) is 22.5. The number of anilines is 1. The highest BCUT2D eigenvalue weighted by atomic mass is 35.5. The molecular formula is C27H38ClN3O5S. The summed E-state index contributed by atoms with van der Waals surface area (Å²) in [7, 11) is -2.08. The highest BCUT2D eigenvalue weighted by molar-refractivity contribution is 7.92. The largest absolute Gasteiger partial charge is 0.497 e. The van der Waals surface area contributed by atoms with E-state index in [-0.39, 0.29) is 37.7 Å². The predicted molar refractivity (Wildman–Crippen MR) is 148 cm³/mol. The van der Waals surface area contributed by atoms with Crippen molar-refractivity contribution in [3.63, 3.8) is 0 Å². The Kier molecular flexibility index (Phi) is 10.8. The molecule has 0 bridgehead atoms. The Morgan fingerprint density at radius 3 is 2.30 bits per heavy atom. The van der Waals surface area contributed by atoms with Crippen LogP contribution in [-0.4, -0.2) is 56.6 Å². The molecule has 1 N–H and O–H groups in total. The summed E-state index contributed by atoms with van der Waals surface area (Å²) in [4.78, 5) is 28.2. The third kappa shape index (κ3) is 9.55. The van der Waals surface area contributed by atoms with E-state index < -0.39 is 21.6 Å². The van der Waals surface area contributed by atoms with Gasteiger partial charge in [-0.15, -0.1) is 0 Å². The second kappa shape index (κ2) is 13.1. The number of carbonyl (C=O) groups excluding carboxylic acids is 2. The molecule has 0 aliphatic carbocycles. The smallest absolute Gasteiger partial charge is 0.243 e. The van der Waals surface area contributed by atoms with Gasteiger partial charge in [0.1, 0.15) is 11.8 Å². The summed E-state index contributed by atoms with van der Waals surface area (Å²) in [5.74, 6) is 0.0726. The molecule has 0 aliphatic heterocycles. The number of halogens is 1. The minimum absolute atomic E-state index is 0.0723. The fraction of sp³-hybridized carbons (Fsp3) is 0.481. The number of methoxy groups -OCH3 is 1. The second-order valence-electron chi connectivity index (χ2n) is 9.95. The van der Waals surface area contributed by atoms with E-state index in [1.165, 1.54) is 11.4 Å². The van der Waals surface area contributed by atoms with Crippen molar-refractivity contribution in [2.24, 2.45) is 0 Å². The van der Waals surface area contributed by atoms with Crippen molar-refractivity contribution in [3.05, 3.63) is 59.1 Å². The zero-order chi connectivity index (χ0) is 27.8. The Hall–Kier alpha value is -2.78. The summed E-state index contributed by atoms with van der Waals surface area (Å²) in [6, 6.07) is 13.2. The van der Waals surface area contributed by atoms with Crippen molar-refractivity contribution in [2.75, 3.05) is 24.2 Å². The fourth-order valence-electron chi connectivity index (χ4n) is 3.93. The lowest BCUT2D eigenvalue weighted by Gasteiger charge is -2.33. The maximum absolute atomic E-state index is 13.5. The molecule has 0 fully saturated rings. The third-order valence-electron chi connectivity index (χ3n) is 5.64. The number of benzene rings is 2. The van der Waals surface area contributed by atoms with E-state index in [2.05, 4.69) is 5.32 Å². The number of rotatable bonds is 12. The number of carbonyl (C=O) groups is 2. The van der Waals surface area contributed by atoms with Gasteiger partial charge in [-0.3, -0.25) is 13.9 Å². The summed E-state index contributed by atoms with van der Waals surface area (Å²) in [6.07, 6.45) is 1.91. The van der Waals surface area contributed by atoms with E-state index in [0.29, 0.717) is 22.9 Å². The molecule has 1 atom stereocenters. The molecule has 37 heavy (non-hydrogen) atoms. The average Bonchev–Trinajstić information content (AvgIpc) is 2.81. The Bertz CT molecular complexity index is 1160. The van der Waals surface area contributed by atoms with E-state index in [1.54, 1.807) is 41.3 Å². The lowest BCUT2D eigenvalue weighted by molar-refractivity contribution is -0.142. The first-order chi connectivity index (χ1) is 17.2. The van der Waals surface area contributed by atoms with Crippen LogP contribution in [0.4, 0.5) is 5.69 Å². The summed E-state index contributed by atoms with van der Waals surface area (Å²) in [5, 5.41) is 3.55. The summed E-state index contributed by atoms with van der Waals surface area (Å²) in [5.41, 5.74) is 0.851. The predicted octanol–water partition coefficient (Wildman–Crippen LogP) is 4.62. The molecule has 0 unspecified atom stereocenters. The molecule has 0 saturated heterocycles. The minimum atomic E-state index is -3.59. The average molecular weight is 552 g/mol. The van der Waals surface area contributed by atoms with Gasteiger partial charge >= 0.3 is 0 Å². The molecule has 2 rings (SSSR count). The molecule has 0 radical (unpaired) electrons. The number of sulfonamides is 1. The third-order valence-corrected chi connectivity index (χ3v) is 7.09. The van der Waals surface area contributed by atoms with Crippen LogP contribution >= 0.6 is 11.6 Å². The Morgan fingerprint density at radius 1 is 1.11 bits per heavy atom. The number of hydrogen-bond donors (Lipinski definition) is 1. The van der Waals surface area contributed by atoms with E-state index in [0.717, 1.165) is 11.8 Å². The highest BCUT2D eigenvalue weighted by Crippen LogP contribution is 2.24.